The zero-order chi connectivity index (χ0) is 26.8. The van der Waals surface area contributed by atoms with Crippen LogP contribution in [-0.2, 0) is 0 Å². The molecular weight excluding hydrogens is 642 g/mol. The van der Waals surface area contributed by atoms with Crippen molar-refractivity contribution in [2.45, 2.75) is 38.0 Å². The van der Waals surface area contributed by atoms with Crippen LogP contribution in [-0.4, -0.2) is 25.8 Å². The van der Waals surface area contributed by atoms with E-state index in [1.807, 2.05) is 12.1 Å². The van der Waals surface area contributed by atoms with Gasteiger partial charge in [0.1, 0.15) is 12.0 Å². The van der Waals surface area contributed by atoms with Crippen LogP contribution >= 0.6 is 43.5 Å². The number of hydrogen-bond donors (Lipinski definition) is 0. The quantitative estimate of drug-likeness (QED) is 0.120. The standard InChI is InChI=1S/C26H20Br2ClN5O4/c27-17-6-8-22-20(11-17)26(35)33(25(32-22)15-4-2-1-3-5-15)31-13-16-10-18(29)12-21(28)24(16)38-23-9-7-19(14-30-23)34(36)37/h6-15H,1-5H2. The van der Waals surface area contributed by atoms with Crippen molar-refractivity contribution in [1.82, 2.24) is 14.6 Å². The predicted molar refractivity (Wildman–Crippen MR) is 153 cm³/mol. The summed E-state index contributed by atoms with van der Waals surface area (Å²) in [6, 6.07) is 11.4. The van der Waals surface area contributed by atoms with Crippen molar-refractivity contribution in [3.8, 4) is 11.6 Å². The van der Waals surface area contributed by atoms with Gasteiger partial charge in [-0.25, -0.2) is 9.97 Å². The van der Waals surface area contributed by atoms with Crippen LogP contribution in [0, 0.1) is 10.1 Å². The molecule has 0 N–H and O–H groups in total. The maximum absolute atomic E-state index is 13.6. The third-order valence-corrected chi connectivity index (χ3v) is 7.59. The normalized spacial score (nSPS) is 14.3. The van der Waals surface area contributed by atoms with Gasteiger partial charge in [0.2, 0.25) is 5.88 Å². The molecule has 0 radical (unpaired) electrons. The Bertz CT molecular complexity index is 1620. The SMILES string of the molecule is O=c1c2cc(Br)ccc2nc(C2CCCCC2)n1N=Cc1cc(Cl)cc(Br)c1Oc1ccc([N+](=O)[O-])cn1. The molecule has 0 spiro atoms. The largest absolute Gasteiger partial charge is 0.437 e. The van der Waals surface area contributed by atoms with Gasteiger partial charge in [-0.15, -0.1) is 0 Å². The van der Waals surface area contributed by atoms with Gasteiger partial charge in [0.25, 0.3) is 11.2 Å². The molecule has 2 aromatic heterocycles. The fourth-order valence-electron chi connectivity index (χ4n) is 4.45. The molecule has 1 fully saturated rings. The van der Waals surface area contributed by atoms with E-state index in [1.165, 1.54) is 29.4 Å². The van der Waals surface area contributed by atoms with E-state index in [4.69, 9.17) is 21.3 Å². The summed E-state index contributed by atoms with van der Waals surface area (Å²) in [6.45, 7) is 0. The number of benzene rings is 2. The summed E-state index contributed by atoms with van der Waals surface area (Å²) in [5.74, 6) is 1.22. The molecular formula is C26H20Br2ClN5O4. The van der Waals surface area contributed by atoms with Gasteiger partial charge in [-0.1, -0.05) is 46.8 Å². The number of pyridine rings is 1. The van der Waals surface area contributed by atoms with Crippen molar-refractivity contribution in [2.75, 3.05) is 0 Å². The zero-order valence-electron chi connectivity index (χ0n) is 19.8. The number of halogens is 3. The summed E-state index contributed by atoms with van der Waals surface area (Å²) in [6.07, 6.45) is 7.80. The maximum atomic E-state index is 13.6. The number of fused-ring (bicyclic) bond motifs is 1. The second kappa shape index (κ2) is 11.3. The monoisotopic (exact) mass is 659 g/mol. The first kappa shape index (κ1) is 26.5. The average Bonchev–Trinajstić information content (AvgIpc) is 2.91. The molecule has 0 saturated heterocycles. The molecule has 0 unspecified atom stereocenters. The lowest BCUT2D eigenvalue weighted by Crippen LogP contribution is -2.25. The molecule has 0 bridgehead atoms. The Hall–Kier alpha value is -3.15. The van der Waals surface area contributed by atoms with E-state index in [9.17, 15) is 14.9 Å². The Kier molecular flexibility index (Phi) is 7.87. The third-order valence-electron chi connectivity index (χ3n) is 6.29. The van der Waals surface area contributed by atoms with Crippen LogP contribution in [0.15, 0.2) is 67.5 Å². The zero-order valence-corrected chi connectivity index (χ0v) is 23.7. The van der Waals surface area contributed by atoms with Crippen LogP contribution in [0.5, 0.6) is 11.6 Å². The van der Waals surface area contributed by atoms with Crippen molar-refractivity contribution in [1.29, 1.82) is 0 Å². The molecule has 0 aliphatic heterocycles. The smallest absolute Gasteiger partial charge is 0.287 e. The Morgan fingerprint density at radius 1 is 1.13 bits per heavy atom. The first-order valence-electron chi connectivity index (χ1n) is 11.8. The molecule has 4 aromatic rings. The molecule has 194 valence electrons. The van der Waals surface area contributed by atoms with Crippen molar-refractivity contribution in [3.05, 3.63) is 94.5 Å². The number of nitrogens with zero attached hydrogens (tertiary/aromatic N) is 5. The second-order valence-corrected chi connectivity index (χ2v) is 11.1. The number of ether oxygens (including phenoxy) is 1. The van der Waals surface area contributed by atoms with Gasteiger partial charge >= 0.3 is 0 Å². The highest BCUT2D eigenvalue weighted by Crippen LogP contribution is 2.36. The minimum atomic E-state index is -0.537. The van der Waals surface area contributed by atoms with Gasteiger partial charge < -0.3 is 4.74 Å². The van der Waals surface area contributed by atoms with E-state index in [-0.39, 0.29) is 23.0 Å². The molecule has 0 amide bonds. The van der Waals surface area contributed by atoms with Crippen LogP contribution in [0.4, 0.5) is 5.69 Å². The summed E-state index contributed by atoms with van der Waals surface area (Å²) >= 11 is 13.2. The molecule has 2 aromatic carbocycles. The van der Waals surface area contributed by atoms with Gasteiger partial charge in [-0.05, 0) is 59.1 Å². The lowest BCUT2D eigenvalue weighted by atomic mass is 9.88. The Labute approximate surface area is 238 Å². The first-order valence-corrected chi connectivity index (χ1v) is 13.8. The lowest BCUT2D eigenvalue weighted by Gasteiger charge is -2.22. The molecule has 12 heteroatoms. The van der Waals surface area contributed by atoms with Gasteiger partial charge in [0, 0.05) is 33.1 Å². The Morgan fingerprint density at radius 2 is 1.92 bits per heavy atom. The van der Waals surface area contributed by atoms with Gasteiger partial charge in [0.15, 0.2) is 5.75 Å². The van der Waals surface area contributed by atoms with Crippen molar-refractivity contribution in [2.24, 2.45) is 5.10 Å². The van der Waals surface area contributed by atoms with E-state index < -0.39 is 4.92 Å². The van der Waals surface area contributed by atoms with E-state index in [1.54, 1.807) is 18.2 Å². The van der Waals surface area contributed by atoms with E-state index in [0.29, 0.717) is 37.5 Å². The molecule has 5 rings (SSSR count). The number of hydrogen-bond acceptors (Lipinski definition) is 7. The molecule has 38 heavy (non-hydrogen) atoms. The summed E-state index contributed by atoms with van der Waals surface area (Å²) in [5.41, 5.74) is 0.678. The van der Waals surface area contributed by atoms with Crippen LogP contribution in [0.2, 0.25) is 5.02 Å². The highest BCUT2D eigenvalue weighted by Gasteiger charge is 2.23. The number of rotatable bonds is 6. The average molecular weight is 662 g/mol. The second-order valence-electron chi connectivity index (χ2n) is 8.85. The lowest BCUT2D eigenvalue weighted by molar-refractivity contribution is -0.385. The topological polar surface area (TPSA) is 113 Å². The maximum Gasteiger partial charge on any atom is 0.287 e. The van der Waals surface area contributed by atoms with Gasteiger partial charge in [-0.2, -0.15) is 9.78 Å². The van der Waals surface area contributed by atoms with Gasteiger partial charge in [0.05, 0.1) is 26.5 Å². The van der Waals surface area contributed by atoms with Crippen LogP contribution in [0.3, 0.4) is 0 Å². The van der Waals surface area contributed by atoms with Crippen LogP contribution in [0.1, 0.15) is 49.4 Å². The minimum Gasteiger partial charge on any atom is -0.437 e. The summed E-state index contributed by atoms with van der Waals surface area (Å²) < 4.78 is 8.60. The van der Waals surface area contributed by atoms with Crippen molar-refractivity contribution < 1.29 is 9.66 Å². The van der Waals surface area contributed by atoms with Crippen LogP contribution < -0.4 is 10.3 Å². The highest BCUT2D eigenvalue weighted by atomic mass is 79.9. The summed E-state index contributed by atoms with van der Waals surface area (Å²) in [7, 11) is 0. The summed E-state index contributed by atoms with van der Waals surface area (Å²) in [4.78, 5) is 32.9. The summed E-state index contributed by atoms with van der Waals surface area (Å²) in [5, 5.41) is 16.4. The predicted octanol–water partition coefficient (Wildman–Crippen LogP) is 7.60. The molecule has 1 aliphatic carbocycles. The Balaban J connectivity index is 1.59. The minimum absolute atomic E-state index is 0.118. The Morgan fingerprint density at radius 3 is 2.63 bits per heavy atom. The fraction of sp³-hybridized carbons (Fsp3) is 0.231. The molecule has 2 heterocycles. The number of aromatic nitrogens is 3. The fourth-order valence-corrected chi connectivity index (χ4v) is 5.73. The van der Waals surface area contributed by atoms with E-state index in [2.05, 4.69) is 41.9 Å². The highest BCUT2D eigenvalue weighted by molar-refractivity contribution is 9.10. The molecule has 1 saturated carbocycles. The molecule has 0 atom stereocenters. The van der Waals surface area contributed by atoms with E-state index >= 15 is 0 Å². The van der Waals surface area contributed by atoms with E-state index in [0.717, 1.165) is 36.4 Å². The van der Waals surface area contributed by atoms with Gasteiger partial charge in [-0.3, -0.25) is 14.9 Å². The van der Waals surface area contributed by atoms with Crippen molar-refractivity contribution >= 4 is 66.3 Å². The number of nitro groups is 1. The molecule has 9 nitrogen and oxygen atoms in total. The van der Waals surface area contributed by atoms with Crippen LogP contribution in [0.25, 0.3) is 10.9 Å². The first-order chi connectivity index (χ1) is 18.3. The third kappa shape index (κ3) is 5.64. The van der Waals surface area contributed by atoms with Crippen molar-refractivity contribution in [3.63, 3.8) is 0 Å². The molecule has 1 aliphatic rings.